The molecule has 4 heteroatoms. The third-order valence-electron chi connectivity index (χ3n) is 3.86. The number of piperazine rings is 1. The molecule has 1 aliphatic rings. The van der Waals surface area contributed by atoms with Crippen molar-refractivity contribution < 1.29 is 0 Å². The molecule has 1 aliphatic heterocycles. The number of hydrogen-bond donors (Lipinski definition) is 1. The normalized spacial score (nSPS) is 23.9. The van der Waals surface area contributed by atoms with Gasteiger partial charge in [0, 0.05) is 36.8 Å². The zero-order chi connectivity index (χ0) is 13.8. The van der Waals surface area contributed by atoms with Crippen molar-refractivity contribution >= 4 is 11.3 Å². The van der Waals surface area contributed by atoms with Crippen LogP contribution in [0.1, 0.15) is 17.5 Å². The fraction of sp³-hybridized carbons (Fsp3) is 0.438. The van der Waals surface area contributed by atoms with Crippen LogP contribution in [0.4, 0.5) is 0 Å². The summed E-state index contributed by atoms with van der Waals surface area (Å²) in [5, 5.41) is 6.89. The smallest absolute Gasteiger partial charge is 0.107 e. The summed E-state index contributed by atoms with van der Waals surface area (Å²) < 4.78 is 0. The second kappa shape index (κ2) is 6.48. The molecule has 0 bridgehead atoms. The lowest BCUT2D eigenvalue weighted by Crippen LogP contribution is -2.55. The molecule has 2 unspecified atom stereocenters. The second-order valence-corrected chi connectivity index (χ2v) is 6.49. The van der Waals surface area contributed by atoms with Gasteiger partial charge in [-0.2, -0.15) is 0 Å². The Hall–Kier alpha value is -1.23. The molecule has 0 saturated carbocycles. The molecular formula is C16H21N3S. The lowest BCUT2D eigenvalue weighted by molar-refractivity contribution is 0.127. The van der Waals surface area contributed by atoms with Gasteiger partial charge in [0.1, 0.15) is 5.01 Å². The van der Waals surface area contributed by atoms with E-state index in [4.69, 9.17) is 0 Å². The average molecular weight is 287 g/mol. The van der Waals surface area contributed by atoms with Gasteiger partial charge >= 0.3 is 0 Å². The average Bonchev–Trinajstić information content (AvgIpc) is 2.96. The van der Waals surface area contributed by atoms with Crippen LogP contribution >= 0.6 is 11.3 Å². The lowest BCUT2D eigenvalue weighted by Gasteiger charge is -2.39. The Morgan fingerprint density at radius 1 is 1.35 bits per heavy atom. The topological polar surface area (TPSA) is 28.2 Å². The van der Waals surface area contributed by atoms with Crippen molar-refractivity contribution in [1.82, 2.24) is 15.2 Å². The number of nitrogens with zero attached hydrogens (tertiary/aromatic N) is 2. The number of benzene rings is 1. The van der Waals surface area contributed by atoms with Gasteiger partial charge in [-0.05, 0) is 18.9 Å². The second-order valence-electron chi connectivity index (χ2n) is 5.51. The Bertz CT molecular complexity index is 512. The number of aromatic nitrogens is 1. The van der Waals surface area contributed by atoms with Crippen LogP contribution in [0.5, 0.6) is 0 Å². The first-order chi connectivity index (χ1) is 9.81. The van der Waals surface area contributed by atoms with E-state index in [-0.39, 0.29) is 0 Å². The third kappa shape index (κ3) is 3.45. The molecule has 106 valence electrons. The highest BCUT2D eigenvalue weighted by atomic mass is 32.1. The quantitative estimate of drug-likeness (QED) is 0.936. The number of rotatable bonds is 4. The highest BCUT2D eigenvalue weighted by molar-refractivity contribution is 7.09. The van der Waals surface area contributed by atoms with E-state index >= 15 is 0 Å². The van der Waals surface area contributed by atoms with Gasteiger partial charge in [-0.25, -0.2) is 4.98 Å². The van der Waals surface area contributed by atoms with E-state index in [9.17, 15) is 0 Å². The first kappa shape index (κ1) is 13.7. The summed E-state index contributed by atoms with van der Waals surface area (Å²) in [6, 6.07) is 11.9. The molecule has 1 aromatic carbocycles. The molecule has 20 heavy (non-hydrogen) atoms. The Labute approximate surface area is 124 Å². The van der Waals surface area contributed by atoms with E-state index in [1.54, 1.807) is 11.3 Å². The van der Waals surface area contributed by atoms with E-state index in [1.807, 2.05) is 6.20 Å². The van der Waals surface area contributed by atoms with Crippen LogP contribution in [0, 0.1) is 0 Å². The maximum Gasteiger partial charge on any atom is 0.107 e. The molecule has 1 fully saturated rings. The summed E-state index contributed by atoms with van der Waals surface area (Å²) in [5.74, 6) is 0. The molecule has 2 atom stereocenters. The fourth-order valence-corrected chi connectivity index (χ4v) is 3.46. The minimum absolute atomic E-state index is 0.553. The molecule has 2 aromatic rings. The number of hydrogen-bond acceptors (Lipinski definition) is 4. The zero-order valence-electron chi connectivity index (χ0n) is 11.8. The van der Waals surface area contributed by atoms with Gasteiger partial charge in [-0.1, -0.05) is 30.3 Å². The lowest BCUT2D eigenvalue weighted by atomic mass is 10.0. The summed E-state index contributed by atoms with van der Waals surface area (Å²) in [6.07, 6.45) is 3.00. The molecule has 1 saturated heterocycles. The molecule has 1 aromatic heterocycles. The van der Waals surface area contributed by atoms with Crippen LogP contribution in [0.3, 0.4) is 0 Å². The number of nitrogens with one attached hydrogen (secondary N) is 1. The largest absolute Gasteiger partial charge is 0.311 e. The predicted octanol–water partition coefficient (Wildman–Crippen LogP) is 2.55. The van der Waals surface area contributed by atoms with Gasteiger partial charge in [-0.3, -0.25) is 4.90 Å². The van der Waals surface area contributed by atoms with Crippen molar-refractivity contribution in [3.05, 3.63) is 52.5 Å². The predicted molar refractivity (Wildman–Crippen MR) is 83.9 cm³/mol. The van der Waals surface area contributed by atoms with Crippen LogP contribution in [0.2, 0.25) is 0 Å². The SMILES string of the molecule is CC1CN(Cc2nccs2)C(Cc2ccccc2)CN1. The molecule has 0 radical (unpaired) electrons. The molecule has 3 rings (SSSR count). The Balaban J connectivity index is 1.69. The summed E-state index contributed by atoms with van der Waals surface area (Å²) in [7, 11) is 0. The van der Waals surface area contributed by atoms with Gasteiger partial charge in [0.2, 0.25) is 0 Å². The number of thiazole rings is 1. The van der Waals surface area contributed by atoms with Crippen LogP contribution in [0.25, 0.3) is 0 Å². The zero-order valence-corrected chi connectivity index (χ0v) is 12.6. The maximum atomic E-state index is 4.43. The van der Waals surface area contributed by atoms with E-state index in [0.717, 1.165) is 26.1 Å². The van der Waals surface area contributed by atoms with Crippen molar-refractivity contribution in [3.63, 3.8) is 0 Å². The first-order valence-electron chi connectivity index (χ1n) is 7.21. The van der Waals surface area contributed by atoms with Crippen molar-refractivity contribution in [1.29, 1.82) is 0 Å². The molecule has 0 amide bonds. The Kier molecular flexibility index (Phi) is 4.45. The van der Waals surface area contributed by atoms with Gasteiger partial charge in [0.05, 0.1) is 6.54 Å². The summed E-state index contributed by atoms with van der Waals surface area (Å²) in [6.45, 7) is 5.38. The van der Waals surface area contributed by atoms with Crippen molar-refractivity contribution in [2.75, 3.05) is 13.1 Å². The van der Waals surface area contributed by atoms with Crippen molar-refractivity contribution in [2.45, 2.75) is 32.0 Å². The monoisotopic (exact) mass is 287 g/mol. The maximum absolute atomic E-state index is 4.43. The fourth-order valence-electron chi connectivity index (χ4n) is 2.82. The van der Waals surface area contributed by atoms with Crippen LogP contribution in [-0.4, -0.2) is 35.1 Å². The van der Waals surface area contributed by atoms with Crippen LogP contribution in [-0.2, 0) is 13.0 Å². The molecule has 1 N–H and O–H groups in total. The standard InChI is InChI=1S/C16H21N3S/c1-13-11-19(12-16-17-7-8-20-16)15(10-18-13)9-14-5-3-2-4-6-14/h2-8,13,15,18H,9-12H2,1H3. The minimum Gasteiger partial charge on any atom is -0.311 e. The third-order valence-corrected chi connectivity index (χ3v) is 4.63. The molecule has 2 heterocycles. The molecular weight excluding hydrogens is 266 g/mol. The van der Waals surface area contributed by atoms with E-state index < -0.39 is 0 Å². The van der Waals surface area contributed by atoms with Gasteiger partial charge in [0.25, 0.3) is 0 Å². The summed E-state index contributed by atoms with van der Waals surface area (Å²) >= 11 is 1.75. The highest BCUT2D eigenvalue weighted by Crippen LogP contribution is 2.17. The van der Waals surface area contributed by atoms with E-state index in [1.165, 1.54) is 10.6 Å². The molecule has 3 nitrogen and oxygen atoms in total. The van der Waals surface area contributed by atoms with Gasteiger partial charge in [0.15, 0.2) is 0 Å². The van der Waals surface area contributed by atoms with Gasteiger partial charge < -0.3 is 5.32 Å². The Morgan fingerprint density at radius 2 is 2.20 bits per heavy atom. The van der Waals surface area contributed by atoms with Crippen LogP contribution in [0.15, 0.2) is 41.9 Å². The molecule has 0 spiro atoms. The molecule has 0 aliphatic carbocycles. The van der Waals surface area contributed by atoms with E-state index in [2.05, 4.69) is 57.8 Å². The Morgan fingerprint density at radius 3 is 2.95 bits per heavy atom. The highest BCUT2D eigenvalue weighted by Gasteiger charge is 2.26. The summed E-state index contributed by atoms with van der Waals surface area (Å²) in [5.41, 5.74) is 1.41. The van der Waals surface area contributed by atoms with Crippen LogP contribution < -0.4 is 5.32 Å². The minimum atomic E-state index is 0.553. The van der Waals surface area contributed by atoms with Crippen molar-refractivity contribution in [2.24, 2.45) is 0 Å². The first-order valence-corrected chi connectivity index (χ1v) is 8.09. The van der Waals surface area contributed by atoms with E-state index in [0.29, 0.717) is 12.1 Å². The summed E-state index contributed by atoms with van der Waals surface area (Å²) in [4.78, 5) is 7.01. The van der Waals surface area contributed by atoms with Gasteiger partial charge in [-0.15, -0.1) is 11.3 Å². The van der Waals surface area contributed by atoms with Crippen molar-refractivity contribution in [3.8, 4) is 0 Å².